The first kappa shape index (κ1) is 58.5. The molecule has 4 aromatic carbocycles. The number of carbonyl (C=O) groups excluding carboxylic acids is 2. The summed E-state index contributed by atoms with van der Waals surface area (Å²) in [5.41, 5.74) is 10.6. The second kappa shape index (κ2) is 30.6. The molecule has 77 heavy (non-hydrogen) atoms. The minimum Gasteiger partial charge on any atom is -0.494 e. The molecule has 2 heterocycles. The van der Waals surface area contributed by atoms with E-state index in [0.29, 0.717) is 12.8 Å². The summed E-state index contributed by atoms with van der Waals surface area (Å²) in [7, 11) is 0. The lowest BCUT2D eigenvalue weighted by atomic mass is 9.73. The molecule has 2 aromatic heterocycles. The number of carbonyl (C=O) groups is 2. The van der Waals surface area contributed by atoms with E-state index in [4.69, 9.17) is 18.9 Å². The van der Waals surface area contributed by atoms with Crippen LogP contribution in [0.3, 0.4) is 0 Å². The Labute approximate surface area is 469 Å². The molecule has 0 amide bonds. The zero-order valence-electron chi connectivity index (χ0n) is 46.0. The molecular formula is C69H82O6S2. The van der Waals surface area contributed by atoms with E-state index in [1.165, 1.54) is 103 Å². The van der Waals surface area contributed by atoms with Crippen LogP contribution in [-0.4, -0.2) is 37.4 Å². The lowest BCUT2D eigenvalue weighted by molar-refractivity contribution is -0.146. The molecule has 0 bridgehead atoms. The van der Waals surface area contributed by atoms with Crippen LogP contribution >= 0.6 is 22.7 Å². The van der Waals surface area contributed by atoms with Gasteiger partial charge >= 0.3 is 11.9 Å². The fourth-order valence-corrected chi connectivity index (χ4v) is 12.6. The van der Waals surface area contributed by atoms with Crippen molar-refractivity contribution in [1.29, 1.82) is 0 Å². The zero-order valence-corrected chi connectivity index (χ0v) is 47.6. The second-order valence-corrected chi connectivity index (χ2v) is 22.6. The van der Waals surface area contributed by atoms with E-state index in [2.05, 4.69) is 149 Å². The Hall–Kier alpha value is -6.22. The smallest absolute Gasteiger partial charge is 0.306 e. The van der Waals surface area contributed by atoms with Gasteiger partial charge in [0.05, 0.1) is 13.2 Å². The summed E-state index contributed by atoms with van der Waals surface area (Å²) in [5.74, 6) is 1.49. The normalized spacial score (nSPS) is 12.3. The maximum atomic E-state index is 11.9. The molecule has 0 N–H and O–H groups in total. The number of ether oxygens (including phenoxy) is 4. The third-order valence-electron chi connectivity index (χ3n) is 15.2. The highest BCUT2D eigenvalue weighted by Gasteiger charge is 2.41. The first-order valence-electron chi connectivity index (χ1n) is 28.6. The molecule has 6 aromatic rings. The highest BCUT2D eigenvalue weighted by atomic mass is 32.1. The van der Waals surface area contributed by atoms with Crippen molar-refractivity contribution in [2.75, 3.05) is 13.2 Å². The molecule has 7 rings (SSSR count). The number of fused-ring (bicyclic) bond motifs is 3. The van der Waals surface area contributed by atoms with Gasteiger partial charge in [-0.2, -0.15) is 0 Å². The monoisotopic (exact) mass is 1070 g/mol. The van der Waals surface area contributed by atoms with Gasteiger partial charge in [-0.05, 0) is 192 Å². The molecule has 1 aliphatic rings. The molecule has 0 spiro atoms. The number of benzene rings is 4. The lowest BCUT2D eigenvalue weighted by Gasteiger charge is -2.30. The molecule has 8 heteroatoms. The number of unbranched alkanes of at least 4 members (excludes halogenated alkanes) is 14. The first-order valence-corrected chi connectivity index (χ1v) is 30.2. The third-order valence-corrected chi connectivity index (χ3v) is 17.5. The van der Waals surface area contributed by atoms with Crippen molar-refractivity contribution in [2.24, 2.45) is 0 Å². The first-order chi connectivity index (χ1) is 37.7. The van der Waals surface area contributed by atoms with Crippen LogP contribution in [0.15, 0.2) is 160 Å². The summed E-state index contributed by atoms with van der Waals surface area (Å²) in [6.45, 7) is 20.8. The molecule has 0 saturated heterocycles. The standard InChI is InChI=1S/C69H82O6S2/c1-7-55(8-2)74-67(70)29-25-21-17-13-15-19-23-27-47-72-57-37-31-51(32-38-57)63-43-45-65(76-63)53-35-41-59-60-42-36-54(50-62(60)69(11-5,12-6)61(59)49-53)66-46-44-64(77-66)52-33-39-58(40-34-52)73-48-28-24-20-16-14-18-22-26-30-68(71)75-56(9-3)10-4/h7-10,31-46,49-50,55-56H,1-4,11-30,47-48H2,5-6H3. The fraction of sp³-hybridized carbons (Fsp3) is 0.391. The van der Waals surface area contributed by atoms with Gasteiger partial charge in [0.15, 0.2) is 0 Å². The summed E-state index contributed by atoms with van der Waals surface area (Å²) < 4.78 is 22.8. The van der Waals surface area contributed by atoms with Crippen molar-refractivity contribution in [2.45, 2.75) is 160 Å². The Balaban J connectivity index is 0.837. The van der Waals surface area contributed by atoms with Gasteiger partial charge in [0.25, 0.3) is 0 Å². The summed E-state index contributed by atoms with van der Waals surface area (Å²) in [4.78, 5) is 28.9. The molecule has 406 valence electrons. The van der Waals surface area contributed by atoms with E-state index in [1.807, 2.05) is 22.7 Å². The number of rotatable bonds is 36. The minimum atomic E-state index is -0.393. The molecule has 0 fully saturated rings. The van der Waals surface area contributed by atoms with Gasteiger partial charge in [0, 0.05) is 37.8 Å². The van der Waals surface area contributed by atoms with Gasteiger partial charge < -0.3 is 18.9 Å². The van der Waals surface area contributed by atoms with Crippen LogP contribution in [-0.2, 0) is 24.5 Å². The predicted molar refractivity (Wildman–Crippen MR) is 325 cm³/mol. The Morgan fingerprint density at radius 1 is 0.429 bits per heavy atom. The van der Waals surface area contributed by atoms with Gasteiger partial charge in [-0.1, -0.05) is 141 Å². The Kier molecular flexibility index (Phi) is 23.3. The van der Waals surface area contributed by atoms with Crippen molar-refractivity contribution < 1.29 is 28.5 Å². The second-order valence-electron chi connectivity index (χ2n) is 20.4. The van der Waals surface area contributed by atoms with E-state index in [9.17, 15) is 9.59 Å². The number of esters is 2. The Morgan fingerprint density at radius 3 is 1.08 bits per heavy atom. The quantitative estimate of drug-likeness (QED) is 0.0222. The van der Waals surface area contributed by atoms with Crippen LogP contribution in [0, 0.1) is 0 Å². The van der Waals surface area contributed by atoms with E-state index < -0.39 is 12.2 Å². The topological polar surface area (TPSA) is 71.1 Å². The van der Waals surface area contributed by atoms with Crippen molar-refractivity contribution >= 4 is 34.6 Å². The van der Waals surface area contributed by atoms with Crippen molar-refractivity contribution in [3.63, 3.8) is 0 Å². The van der Waals surface area contributed by atoms with Crippen molar-refractivity contribution in [3.05, 3.63) is 171 Å². The number of hydrogen-bond donors (Lipinski definition) is 0. The van der Waals surface area contributed by atoms with Gasteiger partial charge in [-0.3, -0.25) is 9.59 Å². The van der Waals surface area contributed by atoms with E-state index in [-0.39, 0.29) is 17.4 Å². The lowest BCUT2D eigenvalue weighted by Crippen LogP contribution is -2.23. The van der Waals surface area contributed by atoms with Crippen LogP contribution < -0.4 is 9.47 Å². The van der Waals surface area contributed by atoms with Crippen LogP contribution in [0.2, 0.25) is 0 Å². The fourth-order valence-electron chi connectivity index (χ4n) is 10.6. The van der Waals surface area contributed by atoms with Crippen LogP contribution in [0.1, 0.15) is 153 Å². The predicted octanol–water partition coefficient (Wildman–Crippen LogP) is 19.9. The highest BCUT2D eigenvalue weighted by Crippen LogP contribution is 2.55. The summed E-state index contributed by atoms with van der Waals surface area (Å²) in [6.07, 6.45) is 26.3. The molecular weight excluding hydrogens is 989 g/mol. The van der Waals surface area contributed by atoms with Crippen LogP contribution in [0.5, 0.6) is 11.5 Å². The number of hydrogen-bond acceptors (Lipinski definition) is 8. The number of thiophene rings is 2. The Morgan fingerprint density at radius 2 is 0.740 bits per heavy atom. The summed E-state index contributed by atoms with van der Waals surface area (Å²) in [5, 5.41) is 0. The van der Waals surface area contributed by atoms with Crippen molar-refractivity contribution in [1.82, 2.24) is 0 Å². The van der Waals surface area contributed by atoms with Gasteiger partial charge in [0.1, 0.15) is 23.7 Å². The van der Waals surface area contributed by atoms with Crippen LogP contribution in [0.25, 0.3) is 52.9 Å². The molecule has 6 nitrogen and oxygen atoms in total. The zero-order chi connectivity index (χ0) is 54.2. The molecule has 0 saturated carbocycles. The maximum absolute atomic E-state index is 11.9. The highest BCUT2D eigenvalue weighted by molar-refractivity contribution is 7.19. The SMILES string of the molecule is C=CC(C=C)OC(=O)CCCCCCCCCCOc1ccc(-c2ccc(-c3ccc4c(c3)C(CC)(CC)c3cc(-c5ccc(-c6ccc(OCCCCCCCCCCC(=O)OC(C=C)C=C)cc6)s5)ccc3-4)s2)cc1. The summed E-state index contributed by atoms with van der Waals surface area (Å²) >= 11 is 3.71. The third kappa shape index (κ3) is 16.4. The minimum absolute atomic E-state index is 0.0497. The van der Waals surface area contributed by atoms with Gasteiger partial charge in [-0.15, -0.1) is 22.7 Å². The molecule has 0 aliphatic heterocycles. The largest absolute Gasteiger partial charge is 0.494 e. The van der Waals surface area contributed by atoms with E-state index in [0.717, 1.165) is 102 Å². The molecule has 1 aliphatic carbocycles. The van der Waals surface area contributed by atoms with Crippen molar-refractivity contribution in [3.8, 4) is 64.4 Å². The average molecular weight is 1070 g/mol. The summed E-state index contributed by atoms with van der Waals surface area (Å²) in [6, 6.07) is 40.6. The average Bonchev–Trinajstić information content (AvgIpc) is 4.32. The van der Waals surface area contributed by atoms with E-state index >= 15 is 0 Å². The molecule has 0 unspecified atom stereocenters. The molecule has 0 radical (unpaired) electrons. The van der Waals surface area contributed by atoms with E-state index in [1.54, 1.807) is 24.3 Å². The van der Waals surface area contributed by atoms with Gasteiger partial charge in [0.2, 0.25) is 0 Å². The van der Waals surface area contributed by atoms with Crippen LogP contribution in [0.4, 0.5) is 0 Å². The maximum Gasteiger partial charge on any atom is 0.306 e. The molecule has 0 atom stereocenters. The van der Waals surface area contributed by atoms with Gasteiger partial charge in [-0.25, -0.2) is 0 Å². The Bertz CT molecular complexity index is 2620.